The summed E-state index contributed by atoms with van der Waals surface area (Å²) in [5.41, 5.74) is 1.07. The van der Waals surface area contributed by atoms with Gasteiger partial charge in [0.1, 0.15) is 11.6 Å². The molecule has 0 radical (unpaired) electrons. The van der Waals surface area contributed by atoms with E-state index in [0.717, 1.165) is 25.1 Å². The minimum Gasteiger partial charge on any atom is -0.331 e. The number of amides is 1. The molecule has 1 heterocycles. The molecule has 1 unspecified atom stereocenters. The zero-order chi connectivity index (χ0) is 15.2. The van der Waals surface area contributed by atoms with Gasteiger partial charge in [-0.2, -0.15) is 5.26 Å². The van der Waals surface area contributed by atoms with Crippen molar-refractivity contribution in [1.82, 2.24) is 10.2 Å². The smallest absolute Gasteiger partial charge is 0.265 e. The van der Waals surface area contributed by atoms with Crippen molar-refractivity contribution >= 4 is 12.0 Å². The average Bonchev–Trinajstić information content (AvgIpc) is 2.99. The molecule has 0 aliphatic carbocycles. The van der Waals surface area contributed by atoms with Crippen molar-refractivity contribution < 1.29 is 4.79 Å². The highest BCUT2D eigenvalue weighted by atomic mass is 16.2. The molecule has 0 spiro atoms. The Labute approximate surface area is 126 Å². The van der Waals surface area contributed by atoms with Crippen molar-refractivity contribution in [2.24, 2.45) is 0 Å². The summed E-state index contributed by atoms with van der Waals surface area (Å²) in [4.78, 5) is 14.5. The van der Waals surface area contributed by atoms with Crippen LogP contribution in [-0.4, -0.2) is 36.0 Å². The lowest BCUT2D eigenvalue weighted by Gasteiger charge is -2.32. The Bertz CT molecular complexity index is 551. The monoisotopic (exact) mass is 283 g/mol. The van der Waals surface area contributed by atoms with E-state index in [2.05, 4.69) is 11.4 Å². The van der Waals surface area contributed by atoms with E-state index < -0.39 is 0 Å². The molecule has 2 rings (SSSR count). The van der Waals surface area contributed by atoms with Crippen LogP contribution in [-0.2, 0) is 4.79 Å². The first-order valence-corrected chi connectivity index (χ1v) is 7.33. The third-order valence-corrected chi connectivity index (χ3v) is 3.68. The number of carbonyl (C=O) groups is 1. The lowest BCUT2D eigenvalue weighted by Crippen LogP contribution is -2.46. The van der Waals surface area contributed by atoms with Crippen LogP contribution in [0.25, 0.3) is 6.08 Å². The Hall–Kier alpha value is -2.12. The fourth-order valence-corrected chi connectivity index (χ4v) is 2.70. The standard InChI is InChI=1S/C17H21N3O/c1-13(2)20(16-8-9-19-12-16)17(21)15(11-18)10-14-6-4-3-5-7-14/h3-7,10,13,16,19H,8-9,12H2,1-2H3/b15-10-. The van der Waals surface area contributed by atoms with Crippen molar-refractivity contribution in [2.75, 3.05) is 13.1 Å². The largest absolute Gasteiger partial charge is 0.331 e. The zero-order valence-electron chi connectivity index (χ0n) is 12.5. The van der Waals surface area contributed by atoms with Gasteiger partial charge in [-0.15, -0.1) is 0 Å². The summed E-state index contributed by atoms with van der Waals surface area (Å²) in [6.45, 7) is 5.71. The van der Waals surface area contributed by atoms with Gasteiger partial charge in [0.05, 0.1) is 0 Å². The summed E-state index contributed by atoms with van der Waals surface area (Å²) < 4.78 is 0. The van der Waals surface area contributed by atoms with Crippen molar-refractivity contribution in [3.8, 4) is 6.07 Å². The van der Waals surface area contributed by atoms with Crippen LogP contribution in [0.3, 0.4) is 0 Å². The van der Waals surface area contributed by atoms with Crippen LogP contribution in [0.4, 0.5) is 0 Å². The highest BCUT2D eigenvalue weighted by Crippen LogP contribution is 2.17. The molecule has 1 aromatic rings. The van der Waals surface area contributed by atoms with E-state index in [9.17, 15) is 10.1 Å². The minimum absolute atomic E-state index is 0.0786. The summed E-state index contributed by atoms with van der Waals surface area (Å²) in [6.07, 6.45) is 2.61. The first-order chi connectivity index (χ1) is 10.1. The lowest BCUT2D eigenvalue weighted by atomic mass is 10.1. The van der Waals surface area contributed by atoms with Crippen molar-refractivity contribution in [2.45, 2.75) is 32.4 Å². The van der Waals surface area contributed by atoms with Gasteiger partial charge < -0.3 is 10.2 Å². The van der Waals surface area contributed by atoms with Crippen LogP contribution in [0, 0.1) is 11.3 Å². The first kappa shape index (κ1) is 15.3. The molecule has 1 saturated heterocycles. The molecule has 1 N–H and O–H groups in total. The summed E-state index contributed by atoms with van der Waals surface area (Å²) in [5.74, 6) is -0.176. The van der Waals surface area contributed by atoms with E-state index in [4.69, 9.17) is 0 Å². The SMILES string of the molecule is CC(C)N(C(=O)/C(C#N)=C\c1ccccc1)C1CCNC1. The minimum atomic E-state index is -0.176. The molecule has 0 bridgehead atoms. The highest BCUT2D eigenvalue weighted by molar-refractivity contribution is 6.02. The predicted molar refractivity (Wildman–Crippen MR) is 83.3 cm³/mol. The third-order valence-electron chi connectivity index (χ3n) is 3.68. The Kier molecular flexibility index (Phi) is 5.13. The number of hydrogen-bond acceptors (Lipinski definition) is 3. The topological polar surface area (TPSA) is 56.1 Å². The molecule has 4 nitrogen and oxygen atoms in total. The van der Waals surface area contributed by atoms with E-state index in [1.807, 2.05) is 49.1 Å². The quantitative estimate of drug-likeness (QED) is 0.681. The molecule has 4 heteroatoms. The molecule has 1 aliphatic heterocycles. The summed E-state index contributed by atoms with van der Waals surface area (Å²) in [6, 6.07) is 11.8. The number of rotatable bonds is 4. The molecule has 0 saturated carbocycles. The fourth-order valence-electron chi connectivity index (χ4n) is 2.70. The molecule has 1 fully saturated rings. The number of carbonyl (C=O) groups excluding carboxylic acids is 1. The van der Waals surface area contributed by atoms with Gasteiger partial charge in [0, 0.05) is 18.6 Å². The van der Waals surface area contributed by atoms with Crippen molar-refractivity contribution in [1.29, 1.82) is 5.26 Å². The molecule has 1 aromatic carbocycles. The molecule has 1 atom stereocenters. The lowest BCUT2D eigenvalue weighted by molar-refractivity contribution is -0.130. The fraction of sp³-hybridized carbons (Fsp3) is 0.412. The molecule has 1 amide bonds. The molecule has 110 valence electrons. The van der Waals surface area contributed by atoms with Crippen molar-refractivity contribution in [3.63, 3.8) is 0 Å². The molecule has 1 aliphatic rings. The Morgan fingerprint density at radius 2 is 2.14 bits per heavy atom. The van der Waals surface area contributed by atoms with Gasteiger partial charge in [-0.05, 0) is 38.5 Å². The Morgan fingerprint density at radius 1 is 1.43 bits per heavy atom. The van der Waals surface area contributed by atoms with E-state index in [0.29, 0.717) is 0 Å². The number of benzene rings is 1. The average molecular weight is 283 g/mol. The van der Waals surface area contributed by atoms with Crippen LogP contribution >= 0.6 is 0 Å². The second-order valence-electron chi connectivity index (χ2n) is 5.53. The van der Waals surface area contributed by atoms with Gasteiger partial charge in [-0.1, -0.05) is 30.3 Å². The normalized spacial score (nSPS) is 18.6. The number of nitriles is 1. The van der Waals surface area contributed by atoms with Gasteiger partial charge >= 0.3 is 0 Å². The number of hydrogen-bond donors (Lipinski definition) is 1. The van der Waals surface area contributed by atoms with Crippen LogP contribution in [0.15, 0.2) is 35.9 Å². The van der Waals surface area contributed by atoms with E-state index in [-0.39, 0.29) is 23.6 Å². The number of nitrogens with one attached hydrogen (secondary N) is 1. The zero-order valence-corrected chi connectivity index (χ0v) is 12.5. The first-order valence-electron chi connectivity index (χ1n) is 7.33. The van der Waals surface area contributed by atoms with Crippen molar-refractivity contribution in [3.05, 3.63) is 41.5 Å². The van der Waals surface area contributed by atoms with Crippen LogP contribution < -0.4 is 5.32 Å². The maximum Gasteiger partial charge on any atom is 0.265 e. The van der Waals surface area contributed by atoms with Crippen LogP contribution in [0.1, 0.15) is 25.8 Å². The van der Waals surface area contributed by atoms with Gasteiger partial charge in [0.15, 0.2) is 0 Å². The van der Waals surface area contributed by atoms with E-state index in [1.165, 1.54) is 0 Å². The van der Waals surface area contributed by atoms with Crippen LogP contribution in [0.5, 0.6) is 0 Å². The van der Waals surface area contributed by atoms with E-state index in [1.54, 1.807) is 6.08 Å². The maximum atomic E-state index is 12.7. The summed E-state index contributed by atoms with van der Waals surface area (Å²) in [5, 5.41) is 12.6. The summed E-state index contributed by atoms with van der Waals surface area (Å²) in [7, 11) is 0. The van der Waals surface area contributed by atoms with Gasteiger partial charge in [-0.3, -0.25) is 4.79 Å². The van der Waals surface area contributed by atoms with E-state index >= 15 is 0 Å². The predicted octanol–water partition coefficient (Wildman–Crippen LogP) is 2.19. The number of nitrogens with zero attached hydrogens (tertiary/aromatic N) is 2. The third kappa shape index (κ3) is 3.71. The van der Waals surface area contributed by atoms with Crippen LogP contribution in [0.2, 0.25) is 0 Å². The second-order valence-corrected chi connectivity index (χ2v) is 5.53. The van der Waals surface area contributed by atoms with Gasteiger partial charge in [0.2, 0.25) is 0 Å². The maximum absolute atomic E-state index is 12.7. The highest BCUT2D eigenvalue weighted by Gasteiger charge is 2.30. The molecule has 21 heavy (non-hydrogen) atoms. The van der Waals surface area contributed by atoms with Gasteiger partial charge in [-0.25, -0.2) is 0 Å². The second kappa shape index (κ2) is 7.05. The Balaban J connectivity index is 2.25. The molecular formula is C17H21N3O. The Morgan fingerprint density at radius 3 is 2.67 bits per heavy atom. The molecular weight excluding hydrogens is 262 g/mol. The van der Waals surface area contributed by atoms with Gasteiger partial charge in [0.25, 0.3) is 5.91 Å². The molecule has 0 aromatic heterocycles. The summed E-state index contributed by atoms with van der Waals surface area (Å²) >= 11 is 0.